The van der Waals surface area contributed by atoms with Gasteiger partial charge < -0.3 is 4.90 Å². The van der Waals surface area contributed by atoms with E-state index in [1.54, 1.807) is 39.3 Å². The number of amides is 1. The van der Waals surface area contributed by atoms with Crippen LogP contribution in [0.15, 0.2) is 24.3 Å². The lowest BCUT2D eigenvalue weighted by Gasteiger charge is -2.33. The van der Waals surface area contributed by atoms with E-state index >= 15 is 0 Å². The van der Waals surface area contributed by atoms with Crippen LogP contribution in [-0.4, -0.2) is 60.9 Å². The summed E-state index contributed by atoms with van der Waals surface area (Å²) in [4.78, 5) is 14.9. The molecule has 0 saturated carbocycles. The number of halogens is 3. The summed E-state index contributed by atoms with van der Waals surface area (Å²) in [6, 6.07) is 5.70. The average Bonchev–Trinajstić information content (AvgIpc) is 3.08. The second-order valence-corrected chi connectivity index (χ2v) is 11.1. The molecular weight excluding hydrogens is 441 g/mol. The van der Waals surface area contributed by atoms with Gasteiger partial charge >= 0.3 is 6.18 Å². The third-order valence-electron chi connectivity index (χ3n) is 6.45. The van der Waals surface area contributed by atoms with Crippen LogP contribution in [0.3, 0.4) is 0 Å². The predicted octanol–water partition coefficient (Wildman–Crippen LogP) is 3.08. The van der Waals surface area contributed by atoms with E-state index in [-0.39, 0.29) is 11.8 Å². The van der Waals surface area contributed by atoms with Gasteiger partial charge in [-0.15, -0.1) is 0 Å². The molecule has 0 N–H and O–H groups in total. The zero-order valence-electron chi connectivity index (χ0n) is 18.2. The smallest absolute Gasteiger partial charge is 0.337 e. The Hall–Kier alpha value is -2.33. The summed E-state index contributed by atoms with van der Waals surface area (Å²) in [7, 11) is -0.583. The quantitative estimate of drug-likeness (QED) is 0.651. The van der Waals surface area contributed by atoms with Gasteiger partial charge in [0.05, 0.1) is 17.8 Å². The van der Waals surface area contributed by atoms with Gasteiger partial charge in [-0.05, 0) is 42.7 Å². The second-order valence-electron chi connectivity index (χ2n) is 8.62. The number of rotatable bonds is 3. The van der Waals surface area contributed by atoms with Crippen molar-refractivity contribution in [1.29, 1.82) is 0 Å². The van der Waals surface area contributed by atoms with Crippen molar-refractivity contribution in [3.05, 3.63) is 52.3 Å². The molecule has 1 fully saturated rings. The lowest BCUT2D eigenvalue weighted by Crippen LogP contribution is -2.39. The van der Waals surface area contributed by atoms with Gasteiger partial charge in [0.1, 0.15) is 0 Å². The van der Waals surface area contributed by atoms with E-state index in [1.807, 2.05) is 0 Å². The number of benzene rings is 1. The summed E-state index contributed by atoms with van der Waals surface area (Å²) in [6.07, 6.45) is -1.29. The zero-order valence-corrected chi connectivity index (χ0v) is 19.0. The van der Waals surface area contributed by atoms with Crippen molar-refractivity contribution >= 4 is 21.5 Å². The molecule has 174 valence electrons. The first kappa shape index (κ1) is 22.8. The number of nitrogens with zero attached hydrogens (tertiary/aromatic N) is 4. The number of likely N-dealkylation sites (tertiary alicyclic amines) is 1. The lowest BCUT2D eigenvalue weighted by atomic mass is 9.86. The Morgan fingerprint density at radius 2 is 1.84 bits per heavy atom. The van der Waals surface area contributed by atoms with E-state index in [4.69, 9.17) is 0 Å². The number of carbonyl (C=O) groups excluding carboxylic acids is 1. The molecule has 2 aliphatic heterocycles. The minimum Gasteiger partial charge on any atom is -0.337 e. The monoisotopic (exact) mass is 468 g/mol. The fourth-order valence-corrected chi connectivity index (χ4v) is 5.57. The zero-order chi connectivity index (χ0) is 23.3. The summed E-state index contributed by atoms with van der Waals surface area (Å²) in [5.74, 6) is 3.32. The largest absolute Gasteiger partial charge is 0.416 e. The molecule has 0 spiro atoms. The van der Waals surface area contributed by atoms with Gasteiger partial charge in [0.15, 0.2) is 5.69 Å². The number of hydrogen-bond donors (Lipinski definition) is 0. The maximum absolute atomic E-state index is 13.4. The first-order chi connectivity index (χ1) is 15.0. The molecular formula is C22H27F3N4O2S. The number of fused-ring (bicyclic) bond motifs is 1. The third-order valence-corrected chi connectivity index (χ3v) is 7.85. The van der Waals surface area contributed by atoms with Gasteiger partial charge in [-0.1, -0.05) is 18.2 Å². The van der Waals surface area contributed by atoms with E-state index in [1.165, 1.54) is 6.07 Å². The SMILES string of the molecule is C=S(C)(=O)N1CCc2c(C(=O)N3CCC(c4ccccc4C(F)(F)F)CC3)nn(C)c2C1. The molecule has 3 heterocycles. The fraction of sp³-hybridized carbons (Fsp3) is 0.500. The van der Waals surface area contributed by atoms with Crippen LogP contribution in [0.5, 0.6) is 0 Å². The molecule has 1 amide bonds. The molecule has 2 aliphatic rings. The molecule has 6 nitrogen and oxygen atoms in total. The van der Waals surface area contributed by atoms with Gasteiger partial charge in [0.2, 0.25) is 0 Å². The maximum atomic E-state index is 13.4. The van der Waals surface area contributed by atoms with Crippen LogP contribution in [0.4, 0.5) is 13.2 Å². The van der Waals surface area contributed by atoms with Gasteiger partial charge in [-0.2, -0.15) is 18.3 Å². The minimum absolute atomic E-state index is 0.190. The topological polar surface area (TPSA) is 58.4 Å². The summed E-state index contributed by atoms with van der Waals surface area (Å²) >= 11 is 0. The predicted molar refractivity (Wildman–Crippen MR) is 118 cm³/mol. The summed E-state index contributed by atoms with van der Waals surface area (Å²) in [6.45, 7) is 1.72. The minimum atomic E-state index is -4.39. The van der Waals surface area contributed by atoms with E-state index in [0.717, 1.165) is 17.3 Å². The highest BCUT2D eigenvalue weighted by atomic mass is 32.2. The van der Waals surface area contributed by atoms with Gasteiger partial charge in [-0.3, -0.25) is 13.7 Å². The molecule has 1 aromatic carbocycles. The summed E-state index contributed by atoms with van der Waals surface area (Å²) in [5, 5.41) is 4.44. The van der Waals surface area contributed by atoms with Crippen LogP contribution >= 0.6 is 0 Å². The van der Waals surface area contributed by atoms with Crippen molar-refractivity contribution in [3.63, 3.8) is 0 Å². The van der Waals surface area contributed by atoms with Crippen LogP contribution < -0.4 is 0 Å². The van der Waals surface area contributed by atoms with Gasteiger partial charge in [0.25, 0.3) is 5.91 Å². The lowest BCUT2D eigenvalue weighted by molar-refractivity contribution is -0.138. The van der Waals surface area contributed by atoms with Gasteiger partial charge in [-0.25, -0.2) is 4.31 Å². The maximum Gasteiger partial charge on any atom is 0.416 e. The standard InChI is InChI=1S/C22H27F3N4O2S/c1-27-19-14-29(32(2,3)31)13-10-17(19)20(26-27)21(30)28-11-8-15(9-12-28)16-6-4-5-7-18(16)22(23,24)25/h4-7,15H,2,8-14H2,1,3H3. The number of piperidine rings is 1. The number of alkyl halides is 3. The van der Waals surface area contributed by atoms with Crippen LogP contribution in [-0.2, 0) is 35.9 Å². The molecule has 1 saturated heterocycles. The van der Waals surface area contributed by atoms with Crippen molar-refractivity contribution in [3.8, 4) is 0 Å². The fourth-order valence-electron chi connectivity index (χ4n) is 4.70. The van der Waals surface area contributed by atoms with Crippen molar-refractivity contribution < 1.29 is 22.2 Å². The Kier molecular flexibility index (Phi) is 5.87. The Balaban J connectivity index is 1.49. The molecule has 0 bridgehead atoms. The molecule has 1 atom stereocenters. The van der Waals surface area contributed by atoms with Crippen molar-refractivity contribution in [2.75, 3.05) is 25.9 Å². The Bertz CT molecular complexity index is 1130. The highest BCUT2D eigenvalue weighted by molar-refractivity contribution is 7.97. The molecule has 0 radical (unpaired) electrons. The first-order valence-electron chi connectivity index (χ1n) is 10.5. The van der Waals surface area contributed by atoms with Crippen molar-refractivity contribution in [2.45, 2.75) is 37.9 Å². The molecule has 4 rings (SSSR count). The molecule has 1 unspecified atom stereocenters. The van der Waals surface area contributed by atoms with E-state index < -0.39 is 21.4 Å². The highest BCUT2D eigenvalue weighted by Crippen LogP contribution is 2.39. The van der Waals surface area contributed by atoms with Crippen LogP contribution in [0.25, 0.3) is 0 Å². The van der Waals surface area contributed by atoms with Crippen LogP contribution in [0, 0.1) is 0 Å². The Labute approximate surface area is 186 Å². The second kappa shape index (κ2) is 8.22. The average molecular weight is 469 g/mol. The highest BCUT2D eigenvalue weighted by Gasteiger charge is 2.37. The molecule has 1 aromatic heterocycles. The van der Waals surface area contributed by atoms with Gasteiger partial charge in [0, 0.05) is 48.2 Å². The number of hydrogen-bond acceptors (Lipinski definition) is 3. The normalized spacial score (nSPS) is 20.1. The Morgan fingerprint density at radius 3 is 2.47 bits per heavy atom. The first-order valence-corrected chi connectivity index (χ1v) is 12.6. The summed E-state index contributed by atoms with van der Waals surface area (Å²) < 4.78 is 56.0. The van der Waals surface area contributed by atoms with E-state index in [0.29, 0.717) is 56.7 Å². The van der Waals surface area contributed by atoms with E-state index in [2.05, 4.69) is 11.0 Å². The van der Waals surface area contributed by atoms with E-state index in [9.17, 15) is 22.2 Å². The molecule has 32 heavy (non-hydrogen) atoms. The molecule has 2 aromatic rings. The van der Waals surface area contributed by atoms with Crippen LogP contribution in [0.1, 0.15) is 51.6 Å². The van der Waals surface area contributed by atoms with Crippen molar-refractivity contribution in [1.82, 2.24) is 19.0 Å². The third kappa shape index (κ3) is 4.30. The molecule has 0 aliphatic carbocycles. The molecule has 10 heteroatoms. The number of carbonyl (C=O) groups is 1. The Morgan fingerprint density at radius 1 is 1.19 bits per heavy atom. The number of aryl methyl sites for hydroxylation is 1. The summed E-state index contributed by atoms with van der Waals surface area (Å²) in [5.41, 5.74) is 1.82. The van der Waals surface area contributed by atoms with Crippen LogP contribution in [0.2, 0.25) is 0 Å². The van der Waals surface area contributed by atoms with Crippen molar-refractivity contribution in [2.24, 2.45) is 7.05 Å². The number of aromatic nitrogens is 2.